The van der Waals surface area contributed by atoms with Crippen molar-refractivity contribution in [2.45, 2.75) is 13.5 Å². The van der Waals surface area contributed by atoms with Gasteiger partial charge in [0.05, 0.1) is 11.4 Å². The average Bonchev–Trinajstić information content (AvgIpc) is 2.38. The molecule has 0 saturated heterocycles. The first-order valence-electron chi connectivity index (χ1n) is 5.89. The van der Waals surface area contributed by atoms with Gasteiger partial charge in [0.1, 0.15) is 0 Å². The van der Waals surface area contributed by atoms with Crippen LogP contribution in [0.3, 0.4) is 0 Å². The normalized spacial score (nSPS) is 10.3. The van der Waals surface area contributed by atoms with Crippen LogP contribution in [0.1, 0.15) is 12.5 Å². The topological polar surface area (TPSA) is 42.2 Å². The second kappa shape index (κ2) is 5.87. The van der Waals surface area contributed by atoms with E-state index in [9.17, 15) is 0 Å². The number of hydrogen-bond donors (Lipinski definition) is 1. The quantitative estimate of drug-likeness (QED) is 0.880. The van der Waals surface area contributed by atoms with Crippen molar-refractivity contribution < 1.29 is 0 Å². The summed E-state index contributed by atoms with van der Waals surface area (Å²) in [6.07, 6.45) is 3.63. The Morgan fingerprint density at radius 2 is 1.94 bits per heavy atom. The van der Waals surface area contributed by atoms with Crippen molar-refractivity contribution >= 4 is 27.3 Å². The fraction of sp³-hybridized carbons (Fsp3) is 0.214. The largest absolute Gasteiger partial charge is 0.397 e. The minimum Gasteiger partial charge on any atom is -0.397 e. The smallest absolute Gasteiger partial charge is 0.0603 e. The van der Waals surface area contributed by atoms with E-state index in [1.165, 1.54) is 5.56 Å². The zero-order chi connectivity index (χ0) is 13.0. The molecule has 2 aromatic rings. The number of benzene rings is 1. The van der Waals surface area contributed by atoms with Crippen LogP contribution in [0.2, 0.25) is 0 Å². The Morgan fingerprint density at radius 1 is 1.22 bits per heavy atom. The fourth-order valence-corrected chi connectivity index (χ4v) is 2.27. The summed E-state index contributed by atoms with van der Waals surface area (Å²) in [5.41, 5.74) is 9.16. The molecule has 0 amide bonds. The number of nitrogens with zero attached hydrogens (tertiary/aromatic N) is 2. The van der Waals surface area contributed by atoms with Gasteiger partial charge in [0.2, 0.25) is 0 Å². The van der Waals surface area contributed by atoms with E-state index in [1.807, 2.05) is 42.7 Å². The van der Waals surface area contributed by atoms with Crippen LogP contribution in [0.5, 0.6) is 0 Å². The molecule has 0 atom stereocenters. The molecule has 2 N–H and O–H groups in total. The van der Waals surface area contributed by atoms with Gasteiger partial charge in [-0.05, 0) is 42.8 Å². The summed E-state index contributed by atoms with van der Waals surface area (Å²) in [6.45, 7) is 3.88. The Hall–Kier alpha value is -1.55. The lowest BCUT2D eigenvalue weighted by atomic mass is 10.2. The highest BCUT2D eigenvalue weighted by atomic mass is 79.9. The van der Waals surface area contributed by atoms with Crippen LogP contribution in [0, 0.1) is 0 Å². The summed E-state index contributed by atoms with van der Waals surface area (Å²) in [5.74, 6) is 0. The first kappa shape index (κ1) is 12.9. The van der Waals surface area contributed by atoms with Gasteiger partial charge in [-0.1, -0.05) is 15.9 Å². The molecule has 0 radical (unpaired) electrons. The van der Waals surface area contributed by atoms with Crippen LogP contribution < -0.4 is 10.6 Å². The standard InChI is InChI=1S/C14H16BrN3/c1-2-18(10-11-5-7-17-8-6-11)14-4-3-12(15)9-13(14)16/h3-9H,2,10,16H2,1H3. The number of nitrogens with two attached hydrogens (primary N) is 1. The fourth-order valence-electron chi connectivity index (χ4n) is 1.89. The summed E-state index contributed by atoms with van der Waals surface area (Å²) in [4.78, 5) is 6.28. The molecule has 3 nitrogen and oxygen atoms in total. The zero-order valence-corrected chi connectivity index (χ0v) is 11.9. The lowest BCUT2D eigenvalue weighted by molar-refractivity contribution is 0.831. The number of hydrogen-bond acceptors (Lipinski definition) is 3. The molecule has 0 fully saturated rings. The highest BCUT2D eigenvalue weighted by Gasteiger charge is 2.08. The van der Waals surface area contributed by atoms with Gasteiger partial charge in [0.25, 0.3) is 0 Å². The van der Waals surface area contributed by atoms with Crippen molar-refractivity contribution in [3.8, 4) is 0 Å². The van der Waals surface area contributed by atoms with Crippen LogP contribution in [0.25, 0.3) is 0 Å². The van der Waals surface area contributed by atoms with Gasteiger partial charge in [0.15, 0.2) is 0 Å². The van der Waals surface area contributed by atoms with Crippen LogP contribution >= 0.6 is 15.9 Å². The molecule has 0 aliphatic rings. The molecule has 0 unspecified atom stereocenters. The second-order valence-electron chi connectivity index (χ2n) is 4.07. The molecule has 0 spiro atoms. The highest BCUT2D eigenvalue weighted by Crippen LogP contribution is 2.27. The molecule has 2 rings (SSSR count). The van der Waals surface area contributed by atoms with E-state index in [0.29, 0.717) is 0 Å². The van der Waals surface area contributed by atoms with Gasteiger partial charge in [-0.25, -0.2) is 0 Å². The van der Waals surface area contributed by atoms with E-state index in [2.05, 4.69) is 32.7 Å². The molecule has 0 bridgehead atoms. The predicted molar refractivity (Wildman–Crippen MR) is 79.5 cm³/mol. The third kappa shape index (κ3) is 3.01. The lowest BCUT2D eigenvalue weighted by Crippen LogP contribution is -2.23. The van der Waals surface area contributed by atoms with Gasteiger partial charge in [-0.2, -0.15) is 0 Å². The SMILES string of the molecule is CCN(Cc1ccncc1)c1ccc(Br)cc1N. The number of nitrogen functional groups attached to an aromatic ring is 1. The molecular weight excluding hydrogens is 290 g/mol. The van der Waals surface area contributed by atoms with Crippen molar-refractivity contribution in [2.75, 3.05) is 17.2 Å². The van der Waals surface area contributed by atoms with Crippen molar-refractivity contribution in [1.29, 1.82) is 0 Å². The second-order valence-corrected chi connectivity index (χ2v) is 4.99. The third-order valence-electron chi connectivity index (χ3n) is 2.83. The molecule has 0 aliphatic heterocycles. The minimum absolute atomic E-state index is 0.792. The maximum atomic E-state index is 6.07. The molecule has 0 aliphatic carbocycles. The predicted octanol–water partition coefficient (Wildman–Crippen LogP) is 3.45. The average molecular weight is 306 g/mol. The molecule has 0 saturated carbocycles. The maximum Gasteiger partial charge on any atom is 0.0603 e. The van der Waals surface area contributed by atoms with Gasteiger partial charge in [-0.15, -0.1) is 0 Å². The Bertz CT molecular complexity index is 514. The van der Waals surface area contributed by atoms with Crippen molar-refractivity contribution in [1.82, 2.24) is 4.98 Å². The summed E-state index contributed by atoms with van der Waals surface area (Å²) in [6, 6.07) is 10.0. The lowest BCUT2D eigenvalue weighted by Gasteiger charge is -2.24. The zero-order valence-electron chi connectivity index (χ0n) is 10.3. The van der Waals surface area contributed by atoms with Gasteiger partial charge in [0, 0.05) is 30.0 Å². The van der Waals surface area contributed by atoms with Crippen LogP contribution in [-0.4, -0.2) is 11.5 Å². The van der Waals surface area contributed by atoms with Crippen molar-refractivity contribution in [2.24, 2.45) is 0 Å². The number of rotatable bonds is 4. The Kier molecular flexibility index (Phi) is 4.20. The maximum absolute atomic E-state index is 6.07. The van der Waals surface area contributed by atoms with E-state index in [0.717, 1.165) is 28.9 Å². The van der Waals surface area contributed by atoms with E-state index >= 15 is 0 Å². The summed E-state index contributed by atoms with van der Waals surface area (Å²) in [7, 11) is 0. The summed E-state index contributed by atoms with van der Waals surface area (Å²) in [5, 5.41) is 0. The van der Waals surface area contributed by atoms with Gasteiger partial charge < -0.3 is 10.6 Å². The Balaban J connectivity index is 2.23. The molecule has 94 valence electrons. The first-order valence-corrected chi connectivity index (χ1v) is 6.69. The Morgan fingerprint density at radius 3 is 2.56 bits per heavy atom. The minimum atomic E-state index is 0.792. The highest BCUT2D eigenvalue weighted by molar-refractivity contribution is 9.10. The molecular formula is C14H16BrN3. The number of aromatic nitrogens is 1. The number of halogens is 1. The van der Waals surface area contributed by atoms with Gasteiger partial charge >= 0.3 is 0 Å². The van der Waals surface area contributed by atoms with Crippen molar-refractivity contribution in [3.05, 3.63) is 52.8 Å². The molecule has 4 heteroatoms. The summed E-state index contributed by atoms with van der Waals surface area (Å²) >= 11 is 3.43. The molecule has 18 heavy (non-hydrogen) atoms. The number of pyridine rings is 1. The van der Waals surface area contributed by atoms with E-state index in [-0.39, 0.29) is 0 Å². The first-order chi connectivity index (χ1) is 8.70. The molecule has 1 aromatic heterocycles. The summed E-state index contributed by atoms with van der Waals surface area (Å²) < 4.78 is 1.00. The van der Waals surface area contributed by atoms with E-state index in [4.69, 9.17) is 5.73 Å². The van der Waals surface area contributed by atoms with Crippen molar-refractivity contribution in [3.63, 3.8) is 0 Å². The van der Waals surface area contributed by atoms with E-state index in [1.54, 1.807) is 0 Å². The van der Waals surface area contributed by atoms with Crippen LogP contribution in [0.15, 0.2) is 47.2 Å². The number of anilines is 2. The monoisotopic (exact) mass is 305 g/mol. The van der Waals surface area contributed by atoms with E-state index < -0.39 is 0 Å². The molecule has 1 aromatic carbocycles. The molecule has 1 heterocycles. The van der Waals surface area contributed by atoms with Crippen LogP contribution in [0.4, 0.5) is 11.4 Å². The third-order valence-corrected chi connectivity index (χ3v) is 3.33. The van der Waals surface area contributed by atoms with Gasteiger partial charge in [-0.3, -0.25) is 4.98 Å². The Labute approximate surface area is 116 Å². The van der Waals surface area contributed by atoms with Crippen LogP contribution in [-0.2, 0) is 6.54 Å².